The quantitative estimate of drug-likeness (QED) is 0.723. The summed E-state index contributed by atoms with van der Waals surface area (Å²) in [5.74, 6) is 0.158. The Labute approximate surface area is 99.0 Å². The van der Waals surface area contributed by atoms with Crippen molar-refractivity contribution in [2.75, 3.05) is 32.1 Å². The zero-order valence-electron chi connectivity index (χ0n) is 9.37. The van der Waals surface area contributed by atoms with E-state index in [-0.39, 0.29) is 18.6 Å². The van der Waals surface area contributed by atoms with Gasteiger partial charge in [0.1, 0.15) is 5.82 Å². The van der Waals surface area contributed by atoms with E-state index in [0.717, 1.165) is 0 Å². The molecule has 6 heteroatoms. The van der Waals surface area contributed by atoms with Gasteiger partial charge in [-0.3, -0.25) is 4.79 Å². The number of aliphatic hydroxyl groups excluding tert-OH is 1. The summed E-state index contributed by atoms with van der Waals surface area (Å²) in [5.41, 5.74) is 6.02. The highest BCUT2D eigenvalue weighted by Gasteiger charge is 2.27. The van der Waals surface area contributed by atoms with Crippen LogP contribution in [-0.2, 0) is 4.74 Å². The summed E-state index contributed by atoms with van der Waals surface area (Å²) in [7, 11) is 0. The number of pyridine rings is 1. The van der Waals surface area contributed by atoms with Crippen LogP contribution in [0, 0.1) is 0 Å². The average Bonchev–Trinajstić information content (AvgIpc) is 2.38. The summed E-state index contributed by atoms with van der Waals surface area (Å²) in [6, 6.07) is 2.86. The minimum absolute atomic E-state index is 0.105. The lowest BCUT2D eigenvalue weighted by molar-refractivity contribution is -0.0183. The number of amides is 1. The van der Waals surface area contributed by atoms with E-state index in [9.17, 15) is 9.90 Å². The topological polar surface area (TPSA) is 88.7 Å². The molecule has 0 spiro atoms. The Bertz CT molecular complexity index is 411. The number of nitrogens with zero attached hydrogens (tertiary/aromatic N) is 2. The van der Waals surface area contributed by atoms with Crippen molar-refractivity contribution in [2.45, 2.75) is 6.04 Å². The Morgan fingerprint density at radius 3 is 3.24 bits per heavy atom. The van der Waals surface area contributed by atoms with Crippen molar-refractivity contribution < 1.29 is 14.6 Å². The van der Waals surface area contributed by atoms with Crippen molar-refractivity contribution in [1.82, 2.24) is 9.88 Å². The SMILES string of the molecule is Nc1cc(C(=O)N2CCOCC2CO)ccn1. The number of nitrogen functional groups attached to an aromatic ring is 1. The van der Waals surface area contributed by atoms with Crippen molar-refractivity contribution in [3.63, 3.8) is 0 Å². The minimum Gasteiger partial charge on any atom is -0.394 e. The first-order valence-corrected chi connectivity index (χ1v) is 5.43. The summed E-state index contributed by atoms with van der Waals surface area (Å²) >= 11 is 0. The molecule has 92 valence electrons. The van der Waals surface area contributed by atoms with E-state index in [0.29, 0.717) is 31.1 Å². The molecule has 0 saturated carbocycles. The molecule has 1 aromatic heterocycles. The summed E-state index contributed by atoms with van der Waals surface area (Å²) in [5, 5.41) is 9.20. The van der Waals surface area contributed by atoms with Gasteiger partial charge in [0.25, 0.3) is 5.91 Å². The summed E-state index contributed by atoms with van der Waals surface area (Å²) in [4.78, 5) is 17.6. The predicted molar refractivity (Wildman–Crippen MR) is 61.4 cm³/mol. The van der Waals surface area contributed by atoms with Gasteiger partial charge in [0.05, 0.1) is 25.9 Å². The van der Waals surface area contributed by atoms with Gasteiger partial charge in [0.2, 0.25) is 0 Å². The largest absolute Gasteiger partial charge is 0.394 e. The summed E-state index contributed by atoms with van der Waals surface area (Å²) in [6.07, 6.45) is 1.50. The molecule has 6 nitrogen and oxygen atoms in total. The second-order valence-electron chi connectivity index (χ2n) is 3.88. The maximum Gasteiger partial charge on any atom is 0.254 e. The molecule has 1 aliphatic rings. The van der Waals surface area contributed by atoms with Crippen LogP contribution in [0.15, 0.2) is 18.3 Å². The van der Waals surface area contributed by atoms with Gasteiger partial charge in [0, 0.05) is 18.3 Å². The van der Waals surface area contributed by atoms with Crippen molar-refractivity contribution in [1.29, 1.82) is 0 Å². The number of carbonyl (C=O) groups is 1. The van der Waals surface area contributed by atoms with E-state index < -0.39 is 0 Å². The Morgan fingerprint density at radius 2 is 2.53 bits per heavy atom. The highest BCUT2D eigenvalue weighted by atomic mass is 16.5. The lowest BCUT2D eigenvalue weighted by Crippen LogP contribution is -2.50. The van der Waals surface area contributed by atoms with Crippen LogP contribution in [-0.4, -0.2) is 53.3 Å². The number of rotatable bonds is 2. The highest BCUT2D eigenvalue weighted by molar-refractivity contribution is 5.95. The molecule has 1 amide bonds. The number of aromatic nitrogens is 1. The van der Waals surface area contributed by atoms with E-state index in [2.05, 4.69) is 4.98 Å². The van der Waals surface area contributed by atoms with Crippen molar-refractivity contribution >= 4 is 11.7 Å². The third kappa shape index (κ3) is 2.54. The Hall–Kier alpha value is -1.66. The molecule has 1 saturated heterocycles. The monoisotopic (exact) mass is 237 g/mol. The Kier molecular flexibility index (Phi) is 3.55. The number of aliphatic hydroxyl groups is 1. The van der Waals surface area contributed by atoms with Crippen LogP contribution < -0.4 is 5.73 Å². The maximum absolute atomic E-state index is 12.2. The fourth-order valence-corrected chi connectivity index (χ4v) is 1.82. The van der Waals surface area contributed by atoms with E-state index in [4.69, 9.17) is 10.5 Å². The molecule has 2 rings (SSSR count). The summed E-state index contributed by atoms with van der Waals surface area (Å²) in [6.45, 7) is 1.23. The molecule has 1 aliphatic heterocycles. The van der Waals surface area contributed by atoms with Gasteiger partial charge in [-0.1, -0.05) is 0 Å². The molecule has 1 unspecified atom stereocenters. The van der Waals surface area contributed by atoms with Gasteiger partial charge in [0.15, 0.2) is 0 Å². The molecule has 1 fully saturated rings. The highest BCUT2D eigenvalue weighted by Crippen LogP contribution is 2.13. The normalized spacial score (nSPS) is 20.3. The minimum atomic E-state index is -0.286. The molecule has 0 aromatic carbocycles. The van der Waals surface area contributed by atoms with E-state index >= 15 is 0 Å². The lowest BCUT2D eigenvalue weighted by atomic mass is 10.1. The molecule has 17 heavy (non-hydrogen) atoms. The first-order valence-electron chi connectivity index (χ1n) is 5.43. The van der Waals surface area contributed by atoms with Crippen molar-refractivity contribution in [3.05, 3.63) is 23.9 Å². The average molecular weight is 237 g/mol. The number of carbonyl (C=O) groups excluding carboxylic acids is 1. The molecule has 2 heterocycles. The number of hydrogen-bond donors (Lipinski definition) is 2. The fourth-order valence-electron chi connectivity index (χ4n) is 1.82. The Morgan fingerprint density at radius 1 is 1.71 bits per heavy atom. The Balaban J connectivity index is 2.18. The smallest absolute Gasteiger partial charge is 0.254 e. The first kappa shape index (κ1) is 11.8. The van der Waals surface area contributed by atoms with Crippen LogP contribution in [0.3, 0.4) is 0 Å². The maximum atomic E-state index is 12.2. The zero-order valence-corrected chi connectivity index (χ0v) is 9.37. The fraction of sp³-hybridized carbons (Fsp3) is 0.455. The standard InChI is InChI=1S/C11H15N3O3/c12-10-5-8(1-2-13-10)11(16)14-3-4-17-7-9(14)6-15/h1-2,5,9,15H,3-4,6-7H2,(H2,12,13). The number of morpholine rings is 1. The van der Waals surface area contributed by atoms with Gasteiger partial charge in [-0.2, -0.15) is 0 Å². The molecule has 3 N–H and O–H groups in total. The molecule has 1 aromatic rings. The van der Waals surface area contributed by atoms with Gasteiger partial charge in [-0.25, -0.2) is 4.98 Å². The van der Waals surface area contributed by atoms with Crippen LogP contribution >= 0.6 is 0 Å². The molecule has 0 aliphatic carbocycles. The second-order valence-corrected chi connectivity index (χ2v) is 3.88. The number of hydrogen-bond acceptors (Lipinski definition) is 5. The van der Waals surface area contributed by atoms with E-state index in [1.807, 2.05) is 0 Å². The lowest BCUT2D eigenvalue weighted by Gasteiger charge is -2.34. The number of ether oxygens (including phenoxy) is 1. The predicted octanol–water partition coefficient (Wildman–Crippen LogP) is -0.503. The van der Waals surface area contributed by atoms with E-state index in [1.54, 1.807) is 11.0 Å². The van der Waals surface area contributed by atoms with Crippen LogP contribution in [0.4, 0.5) is 5.82 Å². The van der Waals surface area contributed by atoms with E-state index in [1.165, 1.54) is 12.3 Å². The van der Waals surface area contributed by atoms with Crippen LogP contribution in [0.25, 0.3) is 0 Å². The van der Waals surface area contributed by atoms with Crippen molar-refractivity contribution in [2.24, 2.45) is 0 Å². The third-order valence-electron chi connectivity index (χ3n) is 2.73. The van der Waals surface area contributed by atoms with Gasteiger partial charge in [-0.15, -0.1) is 0 Å². The van der Waals surface area contributed by atoms with Crippen LogP contribution in [0.5, 0.6) is 0 Å². The van der Waals surface area contributed by atoms with Gasteiger partial charge < -0.3 is 20.5 Å². The van der Waals surface area contributed by atoms with Crippen LogP contribution in [0.1, 0.15) is 10.4 Å². The number of nitrogens with two attached hydrogens (primary N) is 1. The van der Waals surface area contributed by atoms with Crippen molar-refractivity contribution in [3.8, 4) is 0 Å². The molecule has 0 radical (unpaired) electrons. The van der Waals surface area contributed by atoms with Crippen LogP contribution in [0.2, 0.25) is 0 Å². The first-order chi connectivity index (χ1) is 8.22. The number of anilines is 1. The van der Waals surface area contributed by atoms with Gasteiger partial charge in [-0.05, 0) is 12.1 Å². The molecular weight excluding hydrogens is 222 g/mol. The van der Waals surface area contributed by atoms with Gasteiger partial charge >= 0.3 is 0 Å². The molecule has 1 atom stereocenters. The molecule has 0 bridgehead atoms. The molecular formula is C11H15N3O3. The second kappa shape index (κ2) is 5.11. The zero-order chi connectivity index (χ0) is 12.3. The summed E-state index contributed by atoms with van der Waals surface area (Å²) < 4.78 is 5.22. The third-order valence-corrected chi connectivity index (χ3v) is 2.73.